The van der Waals surface area contributed by atoms with Crippen molar-refractivity contribution in [2.75, 3.05) is 6.61 Å². The third kappa shape index (κ3) is 6.05. The zero-order valence-electron chi connectivity index (χ0n) is 9.55. The Kier molecular flexibility index (Phi) is 7.29. The van der Waals surface area contributed by atoms with Crippen LogP contribution >= 0.6 is 0 Å². The van der Waals surface area contributed by atoms with E-state index in [-0.39, 0.29) is 12.1 Å². The van der Waals surface area contributed by atoms with Crippen LogP contribution in [0, 0.1) is 5.92 Å². The van der Waals surface area contributed by atoms with E-state index in [9.17, 15) is 0 Å². The molecule has 0 rings (SSSR count). The lowest BCUT2D eigenvalue weighted by Crippen LogP contribution is -2.36. The SMILES string of the molecule is CCCC(N)C(CC)OCC(C)C. The van der Waals surface area contributed by atoms with Gasteiger partial charge in [-0.2, -0.15) is 0 Å². The molecule has 0 bridgehead atoms. The van der Waals surface area contributed by atoms with E-state index in [0.29, 0.717) is 5.92 Å². The molecule has 2 heteroatoms. The van der Waals surface area contributed by atoms with Gasteiger partial charge in [0.25, 0.3) is 0 Å². The van der Waals surface area contributed by atoms with Gasteiger partial charge in [-0.25, -0.2) is 0 Å². The van der Waals surface area contributed by atoms with Crippen LogP contribution in [-0.2, 0) is 4.74 Å². The van der Waals surface area contributed by atoms with Crippen molar-refractivity contribution in [3.8, 4) is 0 Å². The third-order valence-electron chi connectivity index (χ3n) is 2.15. The maximum absolute atomic E-state index is 6.00. The normalized spacial score (nSPS) is 16.2. The van der Waals surface area contributed by atoms with Crippen LogP contribution in [0.5, 0.6) is 0 Å². The summed E-state index contributed by atoms with van der Waals surface area (Å²) in [6, 6.07) is 0.216. The van der Waals surface area contributed by atoms with E-state index in [1.54, 1.807) is 0 Å². The summed E-state index contributed by atoms with van der Waals surface area (Å²) in [5.41, 5.74) is 6.00. The molecule has 0 heterocycles. The Bertz CT molecular complexity index is 115. The van der Waals surface area contributed by atoms with Gasteiger partial charge in [0.2, 0.25) is 0 Å². The van der Waals surface area contributed by atoms with Crippen LogP contribution in [0.1, 0.15) is 47.0 Å². The van der Waals surface area contributed by atoms with Crippen LogP contribution in [0.25, 0.3) is 0 Å². The van der Waals surface area contributed by atoms with E-state index in [0.717, 1.165) is 25.9 Å². The molecule has 0 fully saturated rings. The fourth-order valence-corrected chi connectivity index (χ4v) is 1.38. The first kappa shape index (κ1) is 12.9. The fraction of sp³-hybridized carbons (Fsp3) is 1.00. The molecule has 0 aliphatic heterocycles. The summed E-state index contributed by atoms with van der Waals surface area (Å²) < 4.78 is 5.74. The maximum Gasteiger partial charge on any atom is 0.0723 e. The monoisotopic (exact) mass is 187 g/mol. The minimum absolute atomic E-state index is 0.216. The second-order valence-electron chi connectivity index (χ2n) is 4.13. The van der Waals surface area contributed by atoms with Crippen LogP contribution in [0.4, 0.5) is 0 Å². The molecule has 80 valence electrons. The summed E-state index contributed by atoms with van der Waals surface area (Å²) in [5, 5.41) is 0. The molecule has 2 atom stereocenters. The highest BCUT2D eigenvalue weighted by atomic mass is 16.5. The Morgan fingerprint density at radius 1 is 1.23 bits per heavy atom. The second-order valence-corrected chi connectivity index (χ2v) is 4.13. The third-order valence-corrected chi connectivity index (χ3v) is 2.15. The lowest BCUT2D eigenvalue weighted by atomic mass is 10.0. The fourth-order valence-electron chi connectivity index (χ4n) is 1.38. The average molecular weight is 187 g/mol. The molecule has 2 unspecified atom stereocenters. The first-order valence-electron chi connectivity index (χ1n) is 5.48. The highest BCUT2D eigenvalue weighted by Crippen LogP contribution is 2.09. The summed E-state index contributed by atoms with van der Waals surface area (Å²) in [7, 11) is 0. The largest absolute Gasteiger partial charge is 0.376 e. The van der Waals surface area contributed by atoms with Crippen molar-refractivity contribution in [2.24, 2.45) is 11.7 Å². The van der Waals surface area contributed by atoms with E-state index in [4.69, 9.17) is 10.5 Å². The molecule has 2 N–H and O–H groups in total. The lowest BCUT2D eigenvalue weighted by molar-refractivity contribution is 0.0159. The predicted octanol–water partition coefficient (Wildman–Crippen LogP) is 2.57. The van der Waals surface area contributed by atoms with Crippen LogP contribution in [0.2, 0.25) is 0 Å². The smallest absolute Gasteiger partial charge is 0.0723 e. The van der Waals surface area contributed by atoms with Gasteiger partial charge in [0.15, 0.2) is 0 Å². The van der Waals surface area contributed by atoms with Gasteiger partial charge in [-0.05, 0) is 18.8 Å². The molecule has 2 nitrogen and oxygen atoms in total. The topological polar surface area (TPSA) is 35.2 Å². The van der Waals surface area contributed by atoms with Crippen LogP contribution in [0.15, 0.2) is 0 Å². The van der Waals surface area contributed by atoms with Gasteiger partial charge in [0.1, 0.15) is 0 Å². The minimum Gasteiger partial charge on any atom is -0.376 e. The van der Waals surface area contributed by atoms with Gasteiger partial charge in [0, 0.05) is 12.6 Å². The maximum atomic E-state index is 6.00. The van der Waals surface area contributed by atoms with Crippen molar-refractivity contribution in [3.63, 3.8) is 0 Å². The highest BCUT2D eigenvalue weighted by molar-refractivity contribution is 4.71. The van der Waals surface area contributed by atoms with Gasteiger partial charge in [0.05, 0.1) is 6.10 Å². The molecule has 0 aliphatic rings. The second kappa shape index (κ2) is 7.34. The Labute approximate surface area is 82.8 Å². The molecule has 0 aliphatic carbocycles. The molecule has 0 spiro atoms. The zero-order valence-corrected chi connectivity index (χ0v) is 9.55. The molecule has 0 aromatic carbocycles. The number of rotatable bonds is 7. The molecule has 0 aromatic rings. The predicted molar refractivity (Wildman–Crippen MR) is 57.8 cm³/mol. The van der Waals surface area contributed by atoms with Crippen molar-refractivity contribution < 1.29 is 4.74 Å². The standard InChI is InChI=1S/C11H25NO/c1-5-7-10(12)11(6-2)13-8-9(3)4/h9-11H,5-8,12H2,1-4H3. The van der Waals surface area contributed by atoms with Crippen molar-refractivity contribution in [1.29, 1.82) is 0 Å². The highest BCUT2D eigenvalue weighted by Gasteiger charge is 2.15. The first-order valence-corrected chi connectivity index (χ1v) is 5.48. The van der Waals surface area contributed by atoms with Gasteiger partial charge in [-0.1, -0.05) is 34.1 Å². The van der Waals surface area contributed by atoms with E-state index in [1.165, 1.54) is 0 Å². The molecule has 0 saturated heterocycles. The van der Waals surface area contributed by atoms with Crippen molar-refractivity contribution in [1.82, 2.24) is 0 Å². The molecule has 0 radical (unpaired) electrons. The van der Waals surface area contributed by atoms with Crippen LogP contribution in [0.3, 0.4) is 0 Å². The number of ether oxygens (including phenoxy) is 1. The number of nitrogens with two attached hydrogens (primary N) is 1. The van der Waals surface area contributed by atoms with Gasteiger partial charge < -0.3 is 10.5 Å². The van der Waals surface area contributed by atoms with Crippen molar-refractivity contribution in [3.05, 3.63) is 0 Å². The summed E-state index contributed by atoms with van der Waals surface area (Å²) >= 11 is 0. The Morgan fingerprint density at radius 3 is 2.23 bits per heavy atom. The van der Waals surface area contributed by atoms with Crippen molar-refractivity contribution >= 4 is 0 Å². The summed E-state index contributed by atoms with van der Waals surface area (Å²) in [4.78, 5) is 0. The van der Waals surface area contributed by atoms with Crippen molar-refractivity contribution in [2.45, 2.75) is 59.1 Å². The van der Waals surface area contributed by atoms with Gasteiger partial charge in [-0.3, -0.25) is 0 Å². The number of hydrogen-bond acceptors (Lipinski definition) is 2. The van der Waals surface area contributed by atoms with E-state index in [1.807, 2.05) is 0 Å². The Morgan fingerprint density at radius 2 is 1.85 bits per heavy atom. The Hall–Kier alpha value is -0.0800. The van der Waals surface area contributed by atoms with Gasteiger partial charge >= 0.3 is 0 Å². The minimum atomic E-state index is 0.216. The zero-order chi connectivity index (χ0) is 10.3. The molecular formula is C11H25NO. The molecular weight excluding hydrogens is 162 g/mol. The number of hydrogen-bond donors (Lipinski definition) is 1. The molecule has 0 aromatic heterocycles. The molecule has 0 saturated carbocycles. The lowest BCUT2D eigenvalue weighted by Gasteiger charge is -2.23. The summed E-state index contributed by atoms with van der Waals surface area (Å²) in [6.45, 7) is 9.46. The van der Waals surface area contributed by atoms with E-state index < -0.39 is 0 Å². The Balaban J connectivity index is 3.73. The van der Waals surface area contributed by atoms with Crippen LogP contribution < -0.4 is 5.73 Å². The summed E-state index contributed by atoms with van der Waals surface area (Å²) in [6.07, 6.45) is 3.48. The van der Waals surface area contributed by atoms with Gasteiger partial charge in [-0.15, -0.1) is 0 Å². The summed E-state index contributed by atoms with van der Waals surface area (Å²) in [5.74, 6) is 0.600. The average Bonchev–Trinajstić information content (AvgIpc) is 2.05. The first-order chi connectivity index (χ1) is 6.11. The molecule has 13 heavy (non-hydrogen) atoms. The molecule has 0 amide bonds. The quantitative estimate of drug-likeness (QED) is 0.665. The van der Waals surface area contributed by atoms with E-state index >= 15 is 0 Å². The van der Waals surface area contributed by atoms with E-state index in [2.05, 4.69) is 27.7 Å². The van der Waals surface area contributed by atoms with Crippen LogP contribution in [-0.4, -0.2) is 18.8 Å².